The summed E-state index contributed by atoms with van der Waals surface area (Å²) in [7, 11) is 7.67. The van der Waals surface area contributed by atoms with E-state index in [0.717, 1.165) is 5.56 Å². The predicted octanol–water partition coefficient (Wildman–Crippen LogP) is 2.65. The monoisotopic (exact) mass is 747 g/mol. The first kappa shape index (κ1) is 45.4. The van der Waals surface area contributed by atoms with Crippen LogP contribution in [-0.4, -0.2) is 128 Å². The van der Waals surface area contributed by atoms with Crippen LogP contribution < -0.4 is 16.0 Å². The average Bonchev–Trinajstić information content (AvgIpc) is 3.62. The number of carbonyl (C=O) groups excluding carboxylic acids is 5. The minimum absolute atomic E-state index is 0.0147. The first-order valence-corrected chi connectivity index (χ1v) is 18.7. The first-order chi connectivity index (χ1) is 24.9. The molecular weight excluding hydrogens is 682 g/mol. The molecule has 1 aliphatic rings. The third-order valence-corrected chi connectivity index (χ3v) is 10.8. The summed E-state index contributed by atoms with van der Waals surface area (Å²) >= 11 is 0. The fraction of sp³-hybridized carbons (Fsp3) is 0.718. The van der Waals surface area contributed by atoms with Crippen LogP contribution >= 0.6 is 0 Å². The summed E-state index contributed by atoms with van der Waals surface area (Å²) in [5, 5.41) is 18.4. The number of methoxy groups -OCH3 is 3. The Morgan fingerprint density at radius 3 is 2.13 bits per heavy atom. The Hall–Kier alpha value is -3.75. The number of aromatic hydroxyl groups is 1. The lowest BCUT2D eigenvalue weighted by molar-refractivity contribution is -0.149. The highest BCUT2D eigenvalue weighted by Crippen LogP contribution is 2.30. The molecule has 1 saturated heterocycles. The Labute approximate surface area is 316 Å². The van der Waals surface area contributed by atoms with Crippen molar-refractivity contribution >= 4 is 29.6 Å². The molecule has 0 spiro atoms. The fourth-order valence-electron chi connectivity index (χ4n) is 6.98. The lowest BCUT2D eigenvalue weighted by Gasteiger charge is -2.41. The average molecular weight is 748 g/mol. The second-order valence-corrected chi connectivity index (χ2v) is 15.1. The number of amides is 4. The number of likely N-dealkylation sites (N-methyl/N-ethyl adjacent to an activating group) is 2. The van der Waals surface area contributed by atoms with Crippen LogP contribution in [0.25, 0.3) is 0 Å². The number of benzene rings is 1. The smallest absolute Gasteiger partial charge is 0.328 e. The minimum Gasteiger partial charge on any atom is -0.508 e. The molecule has 1 aromatic carbocycles. The van der Waals surface area contributed by atoms with Crippen molar-refractivity contribution in [2.75, 3.05) is 42.0 Å². The molecule has 1 heterocycles. The first-order valence-electron chi connectivity index (χ1n) is 18.7. The van der Waals surface area contributed by atoms with Crippen LogP contribution in [0.3, 0.4) is 0 Å². The molecule has 0 bridgehead atoms. The van der Waals surface area contributed by atoms with Gasteiger partial charge < -0.3 is 45.1 Å². The molecule has 53 heavy (non-hydrogen) atoms. The van der Waals surface area contributed by atoms with E-state index in [1.807, 2.05) is 27.7 Å². The van der Waals surface area contributed by atoms with Gasteiger partial charge in [-0.15, -0.1) is 0 Å². The number of hydrogen-bond donors (Lipinski definition) is 4. The van der Waals surface area contributed by atoms with Crippen molar-refractivity contribution in [1.82, 2.24) is 25.8 Å². The summed E-state index contributed by atoms with van der Waals surface area (Å²) in [6.45, 7) is 13.5. The number of phenols is 1. The standard InChI is InChI=1S/C39H65N5O9/c1-13-24(4)33(43(9)36(48)32(23(2)3)42-38(50)39(6,7)40-8)30(51-10)22-31(46)44-20-14-15-29(44)34(52-11)25(5)35(47)41-28(37(49)53-12)21-26-16-18-27(45)19-17-26/h16-19,23-25,28-30,32-34,40,45H,13-15,20-22H2,1-12H3,(H,41,47)(H,42,50)/t24-,25+,28-,29-,30+,32-,33-,34+/m0/s1. The molecule has 1 fully saturated rings. The number of nitrogens with one attached hydrogen (secondary N) is 3. The number of esters is 1. The van der Waals surface area contributed by atoms with Crippen LogP contribution in [0.15, 0.2) is 24.3 Å². The van der Waals surface area contributed by atoms with Crippen LogP contribution in [0.2, 0.25) is 0 Å². The molecule has 0 aromatic heterocycles. The van der Waals surface area contributed by atoms with E-state index < -0.39 is 59.7 Å². The number of carbonyl (C=O) groups is 5. The summed E-state index contributed by atoms with van der Waals surface area (Å²) in [4.78, 5) is 71.0. The maximum atomic E-state index is 14.2. The third-order valence-electron chi connectivity index (χ3n) is 10.8. The summed E-state index contributed by atoms with van der Waals surface area (Å²) in [5.74, 6) is -2.70. The lowest BCUT2D eigenvalue weighted by atomic mass is 9.89. The van der Waals surface area contributed by atoms with Crippen LogP contribution in [-0.2, 0) is 44.6 Å². The number of hydrogen-bond acceptors (Lipinski definition) is 10. The molecular formula is C39H65N5O9. The van der Waals surface area contributed by atoms with E-state index in [1.165, 1.54) is 33.5 Å². The summed E-state index contributed by atoms with van der Waals surface area (Å²) in [6.07, 6.45) is 0.834. The maximum absolute atomic E-state index is 14.2. The van der Waals surface area contributed by atoms with E-state index >= 15 is 0 Å². The van der Waals surface area contributed by atoms with Crippen molar-refractivity contribution in [2.24, 2.45) is 17.8 Å². The number of rotatable bonds is 20. The van der Waals surface area contributed by atoms with Gasteiger partial charge >= 0.3 is 5.97 Å². The molecule has 1 aromatic rings. The molecule has 14 nitrogen and oxygen atoms in total. The SMILES string of the molecule is CC[C@H](C)[C@@H]([C@@H](CC(=O)N1CCC[C@H]1[C@H](OC)[C@@H](C)C(=O)N[C@@H](Cc1ccc(O)cc1)C(=O)OC)OC)N(C)C(=O)[C@@H](NC(=O)C(C)(C)NC)C(C)C. The van der Waals surface area contributed by atoms with Crippen LogP contribution in [0.4, 0.5) is 0 Å². The Morgan fingerprint density at radius 1 is 1.00 bits per heavy atom. The Balaban J connectivity index is 2.28. The molecule has 4 amide bonds. The number of ether oxygens (including phenoxy) is 3. The van der Waals surface area contributed by atoms with Crippen molar-refractivity contribution in [2.45, 2.75) is 122 Å². The van der Waals surface area contributed by atoms with Crippen LogP contribution in [0, 0.1) is 17.8 Å². The van der Waals surface area contributed by atoms with Gasteiger partial charge in [-0.05, 0) is 63.3 Å². The molecule has 0 aliphatic carbocycles. The molecule has 0 unspecified atom stereocenters. The zero-order valence-corrected chi connectivity index (χ0v) is 33.9. The van der Waals surface area contributed by atoms with Gasteiger partial charge in [0.1, 0.15) is 17.8 Å². The van der Waals surface area contributed by atoms with Gasteiger partial charge in [-0.2, -0.15) is 0 Å². The van der Waals surface area contributed by atoms with E-state index in [0.29, 0.717) is 25.8 Å². The minimum atomic E-state index is -0.976. The van der Waals surface area contributed by atoms with E-state index in [4.69, 9.17) is 14.2 Å². The Morgan fingerprint density at radius 2 is 1.62 bits per heavy atom. The second-order valence-electron chi connectivity index (χ2n) is 15.1. The fourth-order valence-corrected chi connectivity index (χ4v) is 6.98. The summed E-state index contributed by atoms with van der Waals surface area (Å²) < 4.78 is 16.8. The van der Waals surface area contributed by atoms with Gasteiger partial charge in [0.2, 0.25) is 23.6 Å². The number of nitrogens with zero attached hydrogens (tertiary/aromatic N) is 2. The van der Waals surface area contributed by atoms with Gasteiger partial charge in [0.15, 0.2) is 0 Å². The topological polar surface area (TPSA) is 176 Å². The molecule has 300 valence electrons. The molecule has 14 heteroatoms. The van der Waals surface area contributed by atoms with Crippen molar-refractivity contribution < 1.29 is 43.3 Å². The quantitative estimate of drug-likeness (QED) is 0.145. The molecule has 1 aliphatic heterocycles. The largest absolute Gasteiger partial charge is 0.508 e. The van der Waals surface area contributed by atoms with Gasteiger partial charge in [0.25, 0.3) is 0 Å². The van der Waals surface area contributed by atoms with Crippen molar-refractivity contribution in [3.63, 3.8) is 0 Å². The van der Waals surface area contributed by atoms with Crippen molar-refractivity contribution in [3.8, 4) is 5.75 Å². The summed E-state index contributed by atoms with van der Waals surface area (Å²) in [6, 6.07) is 3.67. The van der Waals surface area contributed by atoms with Crippen molar-refractivity contribution in [3.05, 3.63) is 29.8 Å². The molecule has 0 radical (unpaired) electrons. The zero-order valence-electron chi connectivity index (χ0n) is 33.9. The molecule has 4 N–H and O–H groups in total. The Kier molecular flexibility index (Phi) is 17.7. The highest BCUT2D eigenvalue weighted by Gasteiger charge is 2.43. The van der Waals surface area contributed by atoms with Crippen LogP contribution in [0.1, 0.15) is 79.7 Å². The van der Waals surface area contributed by atoms with E-state index in [9.17, 15) is 29.1 Å². The second kappa shape index (κ2) is 20.6. The zero-order chi connectivity index (χ0) is 40.2. The molecule has 8 atom stereocenters. The van der Waals surface area contributed by atoms with Gasteiger partial charge in [-0.1, -0.05) is 53.2 Å². The number of phenolic OH excluding ortho intramolecular Hbond substituents is 1. The van der Waals surface area contributed by atoms with E-state index in [2.05, 4.69) is 16.0 Å². The Bertz CT molecular complexity index is 1370. The molecule has 2 rings (SSSR count). The third kappa shape index (κ3) is 11.9. The number of likely N-dealkylation sites (tertiary alicyclic amines) is 1. The highest BCUT2D eigenvalue weighted by atomic mass is 16.5. The van der Waals surface area contributed by atoms with E-state index in [1.54, 1.807) is 56.8 Å². The molecule has 0 saturated carbocycles. The van der Waals surface area contributed by atoms with Crippen molar-refractivity contribution in [1.29, 1.82) is 0 Å². The van der Waals surface area contributed by atoms with Gasteiger partial charge in [-0.25, -0.2) is 4.79 Å². The summed E-state index contributed by atoms with van der Waals surface area (Å²) in [5.41, 5.74) is -0.162. The lowest BCUT2D eigenvalue weighted by Crippen LogP contribution is -2.61. The highest BCUT2D eigenvalue weighted by molar-refractivity contribution is 5.92. The van der Waals surface area contributed by atoms with Crippen LogP contribution in [0.5, 0.6) is 5.75 Å². The normalized spacial score (nSPS) is 18.7. The van der Waals surface area contributed by atoms with Gasteiger partial charge in [0, 0.05) is 34.2 Å². The van der Waals surface area contributed by atoms with E-state index in [-0.39, 0.29) is 48.1 Å². The van der Waals surface area contributed by atoms with Gasteiger partial charge in [-0.3, -0.25) is 19.2 Å². The maximum Gasteiger partial charge on any atom is 0.328 e. The van der Waals surface area contributed by atoms with Gasteiger partial charge in [0.05, 0.1) is 49.3 Å². The predicted molar refractivity (Wildman–Crippen MR) is 202 cm³/mol.